The molecule has 3 aromatic rings. The first-order valence-corrected chi connectivity index (χ1v) is 12.6. The molecule has 35 heavy (non-hydrogen) atoms. The fourth-order valence-electron chi connectivity index (χ4n) is 4.18. The Morgan fingerprint density at radius 2 is 1.83 bits per heavy atom. The Kier molecular flexibility index (Phi) is 8.25. The molecule has 0 saturated carbocycles. The van der Waals surface area contributed by atoms with Crippen LogP contribution in [0.1, 0.15) is 38.1 Å². The topological polar surface area (TPSA) is 81.5 Å². The zero-order chi connectivity index (χ0) is 24.8. The Hall–Kier alpha value is -3.11. The maximum atomic E-state index is 13.6. The number of nitrogens with one attached hydrogen (secondary N) is 1. The van der Waals surface area contributed by atoms with Crippen LogP contribution < -0.4 is 14.8 Å². The molecule has 0 bridgehead atoms. The summed E-state index contributed by atoms with van der Waals surface area (Å²) in [6, 6.07) is 11.5. The van der Waals surface area contributed by atoms with Crippen molar-refractivity contribution >= 4 is 23.4 Å². The minimum atomic E-state index is -0.312. The molecule has 1 N–H and O–H groups in total. The number of halogens is 1. The summed E-state index contributed by atoms with van der Waals surface area (Å²) in [6.45, 7) is 4.13. The van der Waals surface area contributed by atoms with E-state index in [0.717, 1.165) is 37.4 Å². The number of piperidine rings is 1. The molecule has 1 amide bonds. The van der Waals surface area contributed by atoms with Crippen molar-refractivity contribution in [3.8, 4) is 17.2 Å². The normalized spacial score (nSPS) is 15.0. The number of carbonyl (C=O) groups is 1. The lowest BCUT2D eigenvalue weighted by molar-refractivity contribution is -0.113. The van der Waals surface area contributed by atoms with Gasteiger partial charge in [0.15, 0.2) is 11.0 Å². The molecule has 1 atom stereocenters. The third kappa shape index (κ3) is 5.94. The van der Waals surface area contributed by atoms with Gasteiger partial charge in [0.25, 0.3) is 0 Å². The number of rotatable bonds is 9. The van der Waals surface area contributed by atoms with Crippen LogP contribution in [-0.4, -0.2) is 58.6 Å². The van der Waals surface area contributed by atoms with E-state index in [1.54, 1.807) is 44.6 Å². The highest BCUT2D eigenvalue weighted by atomic mass is 32.2. The smallest absolute Gasteiger partial charge is 0.234 e. The van der Waals surface area contributed by atoms with E-state index < -0.39 is 0 Å². The van der Waals surface area contributed by atoms with E-state index in [0.29, 0.717) is 22.3 Å². The summed E-state index contributed by atoms with van der Waals surface area (Å²) in [5.41, 5.74) is 1.28. The first-order chi connectivity index (χ1) is 17.0. The predicted octanol–water partition coefficient (Wildman–Crippen LogP) is 4.70. The Bertz CT molecular complexity index is 1150. The number of thioether (sulfide) groups is 1. The second-order valence-corrected chi connectivity index (χ2v) is 9.27. The summed E-state index contributed by atoms with van der Waals surface area (Å²) >= 11 is 1.27. The van der Waals surface area contributed by atoms with E-state index >= 15 is 0 Å². The molecule has 2 aromatic carbocycles. The Morgan fingerprint density at radius 1 is 1.09 bits per heavy atom. The van der Waals surface area contributed by atoms with Gasteiger partial charge >= 0.3 is 0 Å². The van der Waals surface area contributed by atoms with Gasteiger partial charge in [-0.1, -0.05) is 18.2 Å². The number of methoxy groups -OCH3 is 2. The summed E-state index contributed by atoms with van der Waals surface area (Å²) in [7, 11) is 3.11. The molecule has 8 nitrogen and oxygen atoms in total. The summed E-state index contributed by atoms with van der Waals surface area (Å²) in [5, 5.41) is 12.3. The summed E-state index contributed by atoms with van der Waals surface area (Å²) in [5.74, 6) is 1.50. The maximum Gasteiger partial charge on any atom is 0.234 e. The number of likely N-dealkylation sites (tertiary alicyclic amines) is 1. The molecule has 4 rings (SSSR count). The van der Waals surface area contributed by atoms with Crippen LogP contribution in [0.4, 0.5) is 10.1 Å². The molecule has 10 heteroatoms. The first kappa shape index (κ1) is 25.0. The monoisotopic (exact) mass is 499 g/mol. The van der Waals surface area contributed by atoms with Crippen LogP contribution in [0.5, 0.6) is 11.5 Å². The number of ether oxygens (including phenoxy) is 2. The predicted molar refractivity (Wildman–Crippen MR) is 134 cm³/mol. The Labute approximate surface area is 208 Å². The number of aromatic nitrogens is 3. The number of carbonyl (C=O) groups excluding carboxylic acids is 1. The molecule has 1 saturated heterocycles. The molecule has 186 valence electrons. The molecule has 0 radical (unpaired) electrons. The zero-order valence-electron chi connectivity index (χ0n) is 20.2. The quantitative estimate of drug-likeness (QED) is 0.427. The molecule has 1 aliphatic heterocycles. The van der Waals surface area contributed by atoms with Crippen molar-refractivity contribution in [2.24, 2.45) is 0 Å². The lowest BCUT2D eigenvalue weighted by atomic mass is 10.1. The van der Waals surface area contributed by atoms with Crippen molar-refractivity contribution in [2.45, 2.75) is 37.4 Å². The standard InChI is InChI=1S/C25H30FN5O3S/c1-17(30-13-5-4-6-14-30)24-28-29-25(31(24)19-9-7-18(26)8-10-19)35-16-23(32)27-21-15-20(33-2)11-12-22(21)34-3/h7-12,15,17H,4-6,13-14,16H2,1-3H3,(H,27,32). The highest BCUT2D eigenvalue weighted by Gasteiger charge is 2.26. The first-order valence-electron chi connectivity index (χ1n) is 11.6. The number of benzene rings is 2. The molecular formula is C25H30FN5O3S. The van der Waals surface area contributed by atoms with Gasteiger partial charge in [0.1, 0.15) is 17.3 Å². The fourth-order valence-corrected chi connectivity index (χ4v) is 4.93. The number of amides is 1. The molecule has 1 unspecified atom stereocenters. The highest BCUT2D eigenvalue weighted by molar-refractivity contribution is 7.99. The van der Waals surface area contributed by atoms with Crippen LogP contribution in [0.25, 0.3) is 5.69 Å². The van der Waals surface area contributed by atoms with Gasteiger partial charge in [-0.2, -0.15) is 0 Å². The maximum absolute atomic E-state index is 13.6. The van der Waals surface area contributed by atoms with Gasteiger partial charge in [-0.15, -0.1) is 10.2 Å². The van der Waals surface area contributed by atoms with Crippen LogP contribution in [0.3, 0.4) is 0 Å². The third-order valence-electron chi connectivity index (χ3n) is 6.07. The van der Waals surface area contributed by atoms with Gasteiger partial charge in [0.2, 0.25) is 5.91 Å². The van der Waals surface area contributed by atoms with Crippen molar-refractivity contribution in [1.29, 1.82) is 0 Å². The lowest BCUT2D eigenvalue weighted by Gasteiger charge is -2.31. The molecular weight excluding hydrogens is 469 g/mol. The van der Waals surface area contributed by atoms with E-state index in [2.05, 4.69) is 27.3 Å². The average molecular weight is 500 g/mol. The minimum Gasteiger partial charge on any atom is -0.497 e. The van der Waals surface area contributed by atoms with Gasteiger partial charge in [-0.05, 0) is 69.3 Å². The van der Waals surface area contributed by atoms with Crippen LogP contribution in [0.2, 0.25) is 0 Å². The van der Waals surface area contributed by atoms with E-state index in [1.165, 1.54) is 30.3 Å². The molecule has 0 aliphatic carbocycles. The van der Waals surface area contributed by atoms with Crippen LogP contribution in [0.15, 0.2) is 47.6 Å². The summed E-state index contributed by atoms with van der Waals surface area (Å²) in [6.07, 6.45) is 3.55. The second kappa shape index (κ2) is 11.5. The molecule has 1 fully saturated rings. The van der Waals surface area contributed by atoms with E-state index in [-0.39, 0.29) is 23.5 Å². The van der Waals surface area contributed by atoms with Gasteiger partial charge in [-0.25, -0.2) is 4.39 Å². The minimum absolute atomic E-state index is 0.0390. The second-order valence-electron chi connectivity index (χ2n) is 8.33. The van der Waals surface area contributed by atoms with Gasteiger partial charge < -0.3 is 14.8 Å². The van der Waals surface area contributed by atoms with E-state index in [4.69, 9.17) is 9.47 Å². The molecule has 0 spiro atoms. The fraction of sp³-hybridized carbons (Fsp3) is 0.400. The van der Waals surface area contributed by atoms with Crippen molar-refractivity contribution in [3.63, 3.8) is 0 Å². The number of nitrogens with zero attached hydrogens (tertiary/aromatic N) is 4. The van der Waals surface area contributed by atoms with Crippen LogP contribution in [-0.2, 0) is 4.79 Å². The van der Waals surface area contributed by atoms with Crippen molar-refractivity contribution in [3.05, 3.63) is 54.1 Å². The Morgan fingerprint density at radius 3 is 2.51 bits per heavy atom. The van der Waals surface area contributed by atoms with Gasteiger partial charge in [0.05, 0.1) is 31.7 Å². The van der Waals surface area contributed by atoms with Crippen molar-refractivity contribution in [1.82, 2.24) is 19.7 Å². The SMILES string of the molecule is COc1ccc(OC)c(NC(=O)CSc2nnc(C(C)N3CCCCC3)n2-c2ccc(F)cc2)c1. The van der Waals surface area contributed by atoms with Gasteiger partial charge in [-0.3, -0.25) is 14.3 Å². The molecule has 2 heterocycles. The average Bonchev–Trinajstić information content (AvgIpc) is 3.31. The van der Waals surface area contributed by atoms with Crippen LogP contribution >= 0.6 is 11.8 Å². The Balaban J connectivity index is 1.55. The van der Waals surface area contributed by atoms with Gasteiger partial charge in [0, 0.05) is 11.8 Å². The number of anilines is 1. The van der Waals surface area contributed by atoms with Crippen molar-refractivity contribution in [2.75, 3.05) is 38.4 Å². The third-order valence-corrected chi connectivity index (χ3v) is 7.00. The van der Waals surface area contributed by atoms with E-state index in [1.807, 2.05) is 4.57 Å². The van der Waals surface area contributed by atoms with E-state index in [9.17, 15) is 9.18 Å². The lowest BCUT2D eigenvalue weighted by Crippen LogP contribution is -2.33. The molecule has 1 aliphatic rings. The number of hydrogen-bond donors (Lipinski definition) is 1. The largest absolute Gasteiger partial charge is 0.497 e. The summed E-state index contributed by atoms with van der Waals surface area (Å²) < 4.78 is 26.1. The van der Waals surface area contributed by atoms with Crippen molar-refractivity contribution < 1.29 is 18.7 Å². The highest BCUT2D eigenvalue weighted by Crippen LogP contribution is 2.31. The number of hydrogen-bond acceptors (Lipinski definition) is 7. The molecule has 1 aromatic heterocycles. The summed E-state index contributed by atoms with van der Waals surface area (Å²) in [4.78, 5) is 15.2. The zero-order valence-corrected chi connectivity index (χ0v) is 21.0. The van der Waals surface area contributed by atoms with Crippen LogP contribution in [0, 0.1) is 5.82 Å².